The van der Waals surface area contributed by atoms with Crippen LogP contribution in [0.1, 0.15) is 5.56 Å². The molecule has 3 aromatic carbocycles. The van der Waals surface area contributed by atoms with E-state index in [0.717, 1.165) is 12.1 Å². The van der Waals surface area contributed by atoms with Crippen LogP contribution >= 0.6 is 11.6 Å². The summed E-state index contributed by atoms with van der Waals surface area (Å²) < 4.78 is 71.9. The summed E-state index contributed by atoms with van der Waals surface area (Å²) in [6.07, 6.45) is -3.62. The highest BCUT2D eigenvalue weighted by Gasteiger charge is 2.35. The second kappa shape index (κ2) is 10.9. The molecule has 6 nitrogen and oxygen atoms in total. The van der Waals surface area contributed by atoms with Gasteiger partial charge in [0.05, 0.1) is 22.0 Å². The van der Waals surface area contributed by atoms with Gasteiger partial charge in [-0.1, -0.05) is 35.9 Å². The van der Waals surface area contributed by atoms with Gasteiger partial charge >= 0.3 is 6.18 Å². The molecule has 0 unspecified atom stereocenters. The van der Waals surface area contributed by atoms with Gasteiger partial charge in [0.2, 0.25) is 15.9 Å². The van der Waals surface area contributed by atoms with Crippen LogP contribution in [0.15, 0.2) is 90.3 Å². The van der Waals surface area contributed by atoms with Gasteiger partial charge in [0, 0.05) is 12.2 Å². The molecule has 0 aromatic heterocycles. The fourth-order valence-corrected chi connectivity index (χ4v) is 4.63. The molecule has 3 aromatic rings. The van der Waals surface area contributed by atoms with Crippen molar-refractivity contribution in [1.29, 1.82) is 0 Å². The van der Waals surface area contributed by atoms with Gasteiger partial charge in [-0.15, -0.1) is 6.58 Å². The van der Waals surface area contributed by atoms with E-state index >= 15 is 0 Å². The standard InChI is InChI=1S/C24H20ClF3N2O4S/c1-2-14-30(35(32,33)20-12-13-22(25)21(15-20)24(26,27)28)16-23(31)29-17-8-10-19(11-9-17)34-18-6-4-3-5-7-18/h2-13,15H,1,14,16H2,(H,29,31). The number of hydrogen-bond donors (Lipinski definition) is 1. The Morgan fingerprint density at radius 2 is 1.66 bits per heavy atom. The molecule has 0 bridgehead atoms. The minimum atomic E-state index is -4.85. The highest BCUT2D eigenvalue weighted by molar-refractivity contribution is 7.89. The van der Waals surface area contributed by atoms with Gasteiger partial charge in [-0.3, -0.25) is 4.79 Å². The van der Waals surface area contributed by atoms with Crippen molar-refractivity contribution >= 4 is 33.2 Å². The fourth-order valence-electron chi connectivity index (χ4n) is 3.01. The topological polar surface area (TPSA) is 75.7 Å². The molecule has 1 N–H and O–H groups in total. The predicted molar refractivity (Wildman–Crippen MR) is 127 cm³/mol. The zero-order valence-electron chi connectivity index (χ0n) is 18.1. The van der Waals surface area contributed by atoms with E-state index in [1.165, 1.54) is 6.08 Å². The first-order chi connectivity index (χ1) is 16.5. The first kappa shape index (κ1) is 26.3. The Hall–Kier alpha value is -3.34. The molecule has 0 radical (unpaired) electrons. The van der Waals surface area contributed by atoms with Gasteiger partial charge in [0.1, 0.15) is 11.5 Å². The summed E-state index contributed by atoms with van der Waals surface area (Å²) in [6, 6.07) is 17.7. The second-order valence-electron chi connectivity index (χ2n) is 7.21. The lowest BCUT2D eigenvalue weighted by Gasteiger charge is -2.21. The molecular formula is C24H20ClF3N2O4S. The van der Waals surface area contributed by atoms with Gasteiger partial charge < -0.3 is 10.1 Å². The minimum Gasteiger partial charge on any atom is -0.457 e. The number of sulfonamides is 1. The summed E-state index contributed by atoms with van der Waals surface area (Å²) >= 11 is 5.59. The van der Waals surface area contributed by atoms with Crippen LogP contribution in [0.2, 0.25) is 5.02 Å². The molecule has 3 rings (SSSR count). The number of halogens is 4. The number of hydrogen-bond acceptors (Lipinski definition) is 4. The Balaban J connectivity index is 1.73. The molecule has 11 heteroatoms. The lowest BCUT2D eigenvalue weighted by Crippen LogP contribution is -2.38. The lowest BCUT2D eigenvalue weighted by atomic mass is 10.2. The van der Waals surface area contributed by atoms with Crippen molar-refractivity contribution in [2.45, 2.75) is 11.1 Å². The lowest BCUT2D eigenvalue weighted by molar-refractivity contribution is -0.137. The number of rotatable bonds is 9. The number of anilines is 1. The van der Waals surface area contributed by atoms with Gasteiger partial charge in [-0.05, 0) is 54.6 Å². The number of nitrogens with one attached hydrogen (secondary N) is 1. The largest absolute Gasteiger partial charge is 0.457 e. The Morgan fingerprint density at radius 3 is 2.26 bits per heavy atom. The van der Waals surface area contributed by atoms with E-state index in [0.29, 0.717) is 27.6 Å². The number of nitrogens with zero attached hydrogens (tertiary/aromatic N) is 1. The Labute approximate surface area is 205 Å². The summed E-state index contributed by atoms with van der Waals surface area (Å²) in [5, 5.41) is 1.92. The van der Waals surface area contributed by atoms with Crippen molar-refractivity contribution in [2.75, 3.05) is 18.4 Å². The van der Waals surface area contributed by atoms with E-state index in [-0.39, 0.29) is 6.54 Å². The third-order valence-electron chi connectivity index (χ3n) is 4.65. The third kappa shape index (κ3) is 6.84. The average Bonchev–Trinajstić information content (AvgIpc) is 2.80. The third-order valence-corrected chi connectivity index (χ3v) is 6.79. The van der Waals surface area contributed by atoms with Crippen molar-refractivity contribution in [3.05, 3.63) is 96.0 Å². The maximum Gasteiger partial charge on any atom is 0.417 e. The molecule has 0 aliphatic heterocycles. The summed E-state index contributed by atoms with van der Waals surface area (Å²) in [5.41, 5.74) is -0.918. The van der Waals surface area contributed by atoms with Crippen LogP contribution in [0, 0.1) is 0 Å². The second-order valence-corrected chi connectivity index (χ2v) is 9.56. The molecule has 0 saturated heterocycles. The Bertz CT molecular complexity index is 1300. The van der Waals surface area contributed by atoms with Gasteiger partial charge in [0.15, 0.2) is 0 Å². The normalized spacial score (nSPS) is 11.8. The maximum atomic E-state index is 13.2. The molecule has 0 fully saturated rings. The summed E-state index contributed by atoms with van der Waals surface area (Å²) in [5.74, 6) is 0.455. The van der Waals surface area contributed by atoms with Crippen LogP contribution < -0.4 is 10.1 Å². The molecule has 0 heterocycles. The molecule has 0 aliphatic rings. The molecule has 1 amide bonds. The van der Waals surface area contributed by atoms with Crippen LogP contribution in [-0.2, 0) is 21.0 Å². The summed E-state index contributed by atoms with van der Waals surface area (Å²) in [7, 11) is -4.47. The predicted octanol–water partition coefficient (Wildman–Crippen LogP) is 5.97. The zero-order valence-corrected chi connectivity index (χ0v) is 19.7. The molecule has 0 aliphatic carbocycles. The Kier molecular flexibility index (Phi) is 8.21. The first-order valence-corrected chi connectivity index (χ1v) is 11.9. The number of carbonyl (C=O) groups is 1. The SMILES string of the molecule is C=CCN(CC(=O)Nc1ccc(Oc2ccccc2)cc1)S(=O)(=O)c1ccc(Cl)c(C(F)(F)F)c1. The van der Waals surface area contributed by atoms with Gasteiger partial charge in [0.25, 0.3) is 0 Å². The molecule has 0 saturated carbocycles. The van der Waals surface area contributed by atoms with Crippen LogP contribution in [0.4, 0.5) is 18.9 Å². The van der Waals surface area contributed by atoms with Crippen LogP contribution in [-0.4, -0.2) is 31.7 Å². The van der Waals surface area contributed by atoms with Crippen molar-refractivity contribution in [2.24, 2.45) is 0 Å². The van der Waals surface area contributed by atoms with Crippen molar-refractivity contribution in [3.8, 4) is 11.5 Å². The van der Waals surface area contributed by atoms with Crippen molar-refractivity contribution < 1.29 is 31.1 Å². The van der Waals surface area contributed by atoms with E-state index in [2.05, 4.69) is 11.9 Å². The van der Waals surface area contributed by atoms with Crippen LogP contribution in [0.5, 0.6) is 11.5 Å². The number of alkyl halides is 3. The molecule has 184 valence electrons. The smallest absolute Gasteiger partial charge is 0.417 e. The number of ether oxygens (including phenoxy) is 1. The minimum absolute atomic E-state index is 0.302. The van der Waals surface area contributed by atoms with E-state index in [4.69, 9.17) is 16.3 Å². The summed E-state index contributed by atoms with van der Waals surface area (Å²) in [4.78, 5) is 11.9. The molecule has 35 heavy (non-hydrogen) atoms. The number of amides is 1. The number of carbonyl (C=O) groups excluding carboxylic acids is 1. The number of benzene rings is 3. The van der Waals surface area contributed by atoms with Crippen LogP contribution in [0.25, 0.3) is 0 Å². The van der Waals surface area contributed by atoms with Crippen molar-refractivity contribution in [3.63, 3.8) is 0 Å². The molecular weight excluding hydrogens is 505 g/mol. The van der Waals surface area contributed by atoms with Gasteiger partial charge in [-0.25, -0.2) is 8.42 Å². The number of para-hydroxylation sites is 1. The van der Waals surface area contributed by atoms with E-state index in [9.17, 15) is 26.4 Å². The van der Waals surface area contributed by atoms with E-state index in [1.807, 2.05) is 18.2 Å². The molecule has 0 spiro atoms. The zero-order chi connectivity index (χ0) is 25.6. The monoisotopic (exact) mass is 524 g/mol. The van der Waals surface area contributed by atoms with Crippen molar-refractivity contribution in [1.82, 2.24) is 4.31 Å². The van der Waals surface area contributed by atoms with E-state index < -0.39 is 44.1 Å². The van der Waals surface area contributed by atoms with Crippen LogP contribution in [0.3, 0.4) is 0 Å². The summed E-state index contributed by atoms with van der Waals surface area (Å²) in [6.45, 7) is 2.51. The highest BCUT2D eigenvalue weighted by atomic mass is 35.5. The van der Waals surface area contributed by atoms with E-state index in [1.54, 1.807) is 36.4 Å². The maximum absolute atomic E-state index is 13.2. The van der Waals surface area contributed by atoms with Gasteiger partial charge in [-0.2, -0.15) is 17.5 Å². The fraction of sp³-hybridized carbons (Fsp3) is 0.125. The quantitative estimate of drug-likeness (QED) is 0.350. The Morgan fingerprint density at radius 1 is 1.03 bits per heavy atom. The first-order valence-electron chi connectivity index (χ1n) is 10.1. The highest BCUT2D eigenvalue weighted by Crippen LogP contribution is 2.36. The average molecular weight is 525 g/mol. The molecule has 0 atom stereocenters.